The maximum Gasteiger partial charge on any atom is 0.307 e. The van der Waals surface area contributed by atoms with Crippen LogP contribution in [0.4, 0.5) is 0 Å². The van der Waals surface area contributed by atoms with E-state index >= 15 is 0 Å². The Morgan fingerprint density at radius 3 is 1.41 bits per heavy atom. The van der Waals surface area contributed by atoms with E-state index in [1.54, 1.807) is 0 Å². The maximum absolute atomic E-state index is 11.6. The van der Waals surface area contributed by atoms with Crippen molar-refractivity contribution in [2.24, 2.45) is 5.92 Å². The van der Waals surface area contributed by atoms with Crippen molar-refractivity contribution >= 4 is 11.9 Å². The molecule has 0 amide bonds. The molecule has 0 saturated heterocycles. The minimum absolute atomic E-state index is 0.0409. The minimum atomic E-state index is -0.900. The fourth-order valence-corrected chi connectivity index (χ4v) is 5.13. The van der Waals surface area contributed by atoms with Crippen molar-refractivity contribution in [3.05, 3.63) is 24.8 Å². The zero-order valence-electron chi connectivity index (χ0n) is 25.8. The number of aliphatic carboxylic acids is 1. The molecule has 0 aromatic carbocycles. The molecule has 0 spiro atoms. The zero-order chi connectivity index (χ0) is 28.7. The Morgan fingerprint density at radius 2 is 1.03 bits per heavy atom. The standard InChI is InChI=1S/C35H64O4/c1-3-5-6-7-8-9-10-11-12-13-14-15-16-17-18-19-20-21-22-23-24-25-26-27-28-29-30-33(35(37)38)32-34(36)39-31-4-2/h4,9-10,33H,2-3,5-8,11-32H2,1H3,(H,37,38)/b10-9+. The highest BCUT2D eigenvalue weighted by molar-refractivity contribution is 5.78. The van der Waals surface area contributed by atoms with Crippen molar-refractivity contribution in [2.75, 3.05) is 6.61 Å². The van der Waals surface area contributed by atoms with Crippen LogP contribution in [0.5, 0.6) is 0 Å². The lowest BCUT2D eigenvalue weighted by molar-refractivity contribution is -0.151. The van der Waals surface area contributed by atoms with Gasteiger partial charge < -0.3 is 9.84 Å². The quantitative estimate of drug-likeness (QED) is 0.0531. The van der Waals surface area contributed by atoms with Crippen molar-refractivity contribution < 1.29 is 19.4 Å². The minimum Gasteiger partial charge on any atom is -0.481 e. The molecule has 228 valence electrons. The normalized spacial score (nSPS) is 12.1. The number of carboxylic acid groups (broad SMARTS) is 1. The Labute approximate surface area is 242 Å². The van der Waals surface area contributed by atoms with Gasteiger partial charge in [-0.3, -0.25) is 9.59 Å². The second-order valence-electron chi connectivity index (χ2n) is 11.5. The average Bonchev–Trinajstić information content (AvgIpc) is 2.93. The Balaban J connectivity index is 3.31. The van der Waals surface area contributed by atoms with Crippen molar-refractivity contribution in [3.63, 3.8) is 0 Å². The summed E-state index contributed by atoms with van der Waals surface area (Å²) in [6.07, 6.45) is 38.5. The van der Waals surface area contributed by atoms with Gasteiger partial charge in [0, 0.05) is 0 Å². The van der Waals surface area contributed by atoms with Gasteiger partial charge in [0.1, 0.15) is 6.61 Å². The summed E-state index contributed by atoms with van der Waals surface area (Å²) in [7, 11) is 0. The SMILES string of the molecule is C=CCOC(=O)CC(CCCCCCCCCCCCCCCCCCCC/C=C/CCCCCC)C(=O)O. The van der Waals surface area contributed by atoms with Gasteiger partial charge in [0.05, 0.1) is 12.3 Å². The zero-order valence-corrected chi connectivity index (χ0v) is 25.8. The molecule has 4 heteroatoms. The van der Waals surface area contributed by atoms with Crippen LogP contribution in [-0.4, -0.2) is 23.7 Å². The predicted octanol–water partition coefficient (Wildman–Crippen LogP) is 11.1. The molecule has 0 aliphatic rings. The number of carbonyl (C=O) groups excluding carboxylic acids is 1. The molecule has 0 aromatic heterocycles. The lowest BCUT2D eigenvalue weighted by Crippen LogP contribution is -2.19. The number of ether oxygens (including phenoxy) is 1. The number of hydrogen-bond donors (Lipinski definition) is 1. The third-order valence-electron chi connectivity index (χ3n) is 7.69. The molecule has 0 radical (unpaired) electrons. The summed E-state index contributed by atoms with van der Waals surface area (Å²) in [4.78, 5) is 23.0. The number of rotatable bonds is 31. The van der Waals surface area contributed by atoms with E-state index in [0.29, 0.717) is 6.42 Å². The van der Waals surface area contributed by atoms with E-state index in [1.807, 2.05) is 0 Å². The lowest BCUT2D eigenvalue weighted by atomic mass is 9.97. The van der Waals surface area contributed by atoms with Crippen LogP contribution in [-0.2, 0) is 14.3 Å². The van der Waals surface area contributed by atoms with Crippen molar-refractivity contribution in [3.8, 4) is 0 Å². The molecular formula is C35H64O4. The van der Waals surface area contributed by atoms with Crippen molar-refractivity contribution in [1.82, 2.24) is 0 Å². The highest BCUT2D eigenvalue weighted by atomic mass is 16.5. The number of carbonyl (C=O) groups is 2. The molecule has 1 unspecified atom stereocenters. The van der Waals surface area contributed by atoms with Gasteiger partial charge in [0.15, 0.2) is 0 Å². The van der Waals surface area contributed by atoms with Crippen molar-refractivity contribution in [2.45, 2.75) is 174 Å². The second-order valence-corrected chi connectivity index (χ2v) is 11.5. The van der Waals surface area contributed by atoms with Crippen LogP contribution in [0.1, 0.15) is 174 Å². The molecule has 0 bridgehead atoms. The summed E-state index contributed by atoms with van der Waals surface area (Å²) < 4.78 is 4.91. The first-order chi connectivity index (χ1) is 19.1. The first-order valence-electron chi connectivity index (χ1n) is 16.8. The van der Waals surface area contributed by atoms with Crippen LogP contribution in [0.15, 0.2) is 24.8 Å². The Bertz CT molecular complexity index is 583. The van der Waals surface area contributed by atoms with Gasteiger partial charge in [-0.05, 0) is 32.1 Å². The molecular weight excluding hydrogens is 484 g/mol. The molecule has 1 atom stereocenters. The summed E-state index contributed by atoms with van der Waals surface area (Å²) in [6, 6.07) is 0. The Morgan fingerprint density at radius 1 is 0.641 bits per heavy atom. The van der Waals surface area contributed by atoms with Crippen LogP contribution in [0.3, 0.4) is 0 Å². The number of unbranched alkanes of at least 4 members (excludes halogenated alkanes) is 22. The monoisotopic (exact) mass is 548 g/mol. The number of carboxylic acids is 1. The van der Waals surface area contributed by atoms with E-state index in [2.05, 4.69) is 25.7 Å². The van der Waals surface area contributed by atoms with E-state index < -0.39 is 17.9 Å². The lowest BCUT2D eigenvalue weighted by Gasteiger charge is -2.11. The van der Waals surface area contributed by atoms with Crippen molar-refractivity contribution in [1.29, 1.82) is 0 Å². The largest absolute Gasteiger partial charge is 0.481 e. The van der Waals surface area contributed by atoms with Crippen LogP contribution >= 0.6 is 0 Å². The Hall–Kier alpha value is -1.58. The highest BCUT2D eigenvalue weighted by Crippen LogP contribution is 2.18. The molecule has 39 heavy (non-hydrogen) atoms. The van der Waals surface area contributed by atoms with Crippen LogP contribution in [0, 0.1) is 5.92 Å². The average molecular weight is 549 g/mol. The van der Waals surface area contributed by atoms with E-state index in [0.717, 1.165) is 19.3 Å². The van der Waals surface area contributed by atoms with Gasteiger partial charge in [-0.1, -0.05) is 160 Å². The molecule has 0 rings (SSSR count). The molecule has 0 heterocycles. The van der Waals surface area contributed by atoms with E-state index in [4.69, 9.17) is 4.74 Å². The van der Waals surface area contributed by atoms with E-state index in [1.165, 1.54) is 141 Å². The maximum atomic E-state index is 11.6. The summed E-state index contributed by atoms with van der Waals surface area (Å²) in [5.74, 6) is -1.98. The van der Waals surface area contributed by atoms with Crippen LogP contribution in [0.25, 0.3) is 0 Å². The number of hydrogen-bond acceptors (Lipinski definition) is 3. The molecule has 0 saturated carbocycles. The summed E-state index contributed by atoms with van der Waals surface area (Å²) in [5.41, 5.74) is 0. The predicted molar refractivity (Wildman–Crippen MR) is 167 cm³/mol. The van der Waals surface area contributed by atoms with Gasteiger partial charge in [0.2, 0.25) is 0 Å². The van der Waals surface area contributed by atoms with Gasteiger partial charge in [0.25, 0.3) is 0 Å². The molecule has 0 fully saturated rings. The molecule has 0 aliphatic carbocycles. The van der Waals surface area contributed by atoms with Crippen LogP contribution in [0.2, 0.25) is 0 Å². The number of allylic oxidation sites excluding steroid dienone is 2. The third-order valence-corrected chi connectivity index (χ3v) is 7.69. The summed E-state index contributed by atoms with van der Waals surface area (Å²) in [5, 5.41) is 9.31. The number of esters is 1. The van der Waals surface area contributed by atoms with E-state index in [9.17, 15) is 14.7 Å². The molecule has 0 aromatic rings. The van der Waals surface area contributed by atoms with Gasteiger partial charge in [-0.25, -0.2) is 0 Å². The first kappa shape index (κ1) is 37.4. The first-order valence-corrected chi connectivity index (χ1v) is 16.8. The molecule has 0 aliphatic heterocycles. The van der Waals surface area contributed by atoms with E-state index in [-0.39, 0.29) is 13.0 Å². The van der Waals surface area contributed by atoms with Crippen LogP contribution < -0.4 is 0 Å². The molecule has 4 nitrogen and oxygen atoms in total. The van der Waals surface area contributed by atoms with Gasteiger partial charge >= 0.3 is 11.9 Å². The summed E-state index contributed by atoms with van der Waals surface area (Å²) in [6.45, 7) is 5.91. The van der Waals surface area contributed by atoms with Gasteiger partial charge in [-0.2, -0.15) is 0 Å². The van der Waals surface area contributed by atoms with Gasteiger partial charge in [-0.15, -0.1) is 0 Å². The highest BCUT2D eigenvalue weighted by Gasteiger charge is 2.21. The Kier molecular flexibility index (Phi) is 29.7. The third kappa shape index (κ3) is 29.2. The molecule has 1 N–H and O–H groups in total. The topological polar surface area (TPSA) is 63.6 Å². The summed E-state index contributed by atoms with van der Waals surface area (Å²) >= 11 is 0. The second kappa shape index (κ2) is 31.0. The fourth-order valence-electron chi connectivity index (χ4n) is 5.13. The smallest absolute Gasteiger partial charge is 0.307 e. The fraction of sp³-hybridized carbons (Fsp3) is 0.829.